The summed E-state index contributed by atoms with van der Waals surface area (Å²) in [5, 5.41) is 4.14. The Balaban J connectivity index is 0.00000264. The van der Waals surface area contributed by atoms with Crippen molar-refractivity contribution in [1.82, 2.24) is 5.32 Å². The summed E-state index contributed by atoms with van der Waals surface area (Å²) >= 11 is 12.4. The largest absolute Gasteiger partial charge is 0.381 e. The van der Waals surface area contributed by atoms with Gasteiger partial charge in [-0.05, 0) is 36.5 Å². The molecule has 7 heteroatoms. The van der Waals surface area contributed by atoms with Gasteiger partial charge in [-0.1, -0.05) is 36.2 Å². The molecule has 2 unspecified atom stereocenters. The molecule has 0 aliphatic carbocycles. The summed E-state index contributed by atoms with van der Waals surface area (Å²) in [6.45, 7) is 3.79. The lowest BCUT2D eigenvalue weighted by atomic mass is 9.91. The van der Waals surface area contributed by atoms with Crippen LogP contribution in [0.2, 0.25) is 10.0 Å². The molecule has 1 heterocycles. The fourth-order valence-corrected chi connectivity index (χ4v) is 3.51. The molecule has 1 fully saturated rings. The Morgan fingerprint density at radius 2 is 1.91 bits per heavy atom. The highest BCUT2D eigenvalue weighted by Crippen LogP contribution is 2.31. The van der Waals surface area contributed by atoms with Crippen molar-refractivity contribution in [3.63, 3.8) is 0 Å². The molecule has 130 valence electrons. The second kappa shape index (κ2) is 9.70. The van der Waals surface area contributed by atoms with Crippen LogP contribution in [0.1, 0.15) is 31.2 Å². The Bertz CT molecular complexity index is 502. The monoisotopic (exact) mass is 380 g/mol. The third-order valence-corrected chi connectivity index (χ3v) is 4.81. The zero-order valence-corrected chi connectivity index (χ0v) is 15.4. The minimum atomic E-state index is -0.488. The molecule has 0 bridgehead atoms. The second-order valence-corrected chi connectivity index (χ2v) is 6.57. The molecule has 2 atom stereocenters. The van der Waals surface area contributed by atoms with E-state index >= 15 is 0 Å². The van der Waals surface area contributed by atoms with Gasteiger partial charge in [0, 0.05) is 35.7 Å². The van der Waals surface area contributed by atoms with Crippen LogP contribution in [0.3, 0.4) is 0 Å². The van der Waals surface area contributed by atoms with Crippen LogP contribution >= 0.6 is 35.6 Å². The maximum atomic E-state index is 12.2. The zero-order chi connectivity index (χ0) is 16.1. The van der Waals surface area contributed by atoms with Gasteiger partial charge in [0.25, 0.3) is 0 Å². The molecule has 1 aliphatic rings. The van der Waals surface area contributed by atoms with Crippen molar-refractivity contribution in [3.8, 4) is 0 Å². The Labute approximate surface area is 153 Å². The van der Waals surface area contributed by atoms with Gasteiger partial charge in [-0.3, -0.25) is 4.79 Å². The SMILES string of the molecule is CC(CNC(=O)C(N)C1CCOCC1)c1c(Cl)cccc1Cl.Cl. The highest BCUT2D eigenvalue weighted by atomic mass is 35.5. The van der Waals surface area contributed by atoms with E-state index < -0.39 is 6.04 Å². The van der Waals surface area contributed by atoms with E-state index in [1.807, 2.05) is 6.92 Å². The van der Waals surface area contributed by atoms with Gasteiger partial charge in [0.05, 0.1) is 6.04 Å². The fraction of sp³-hybridized carbons (Fsp3) is 0.562. The smallest absolute Gasteiger partial charge is 0.237 e. The van der Waals surface area contributed by atoms with Gasteiger partial charge in [0.1, 0.15) is 0 Å². The van der Waals surface area contributed by atoms with Gasteiger partial charge in [-0.15, -0.1) is 12.4 Å². The minimum absolute atomic E-state index is 0. The number of carbonyl (C=O) groups excluding carboxylic acids is 1. The zero-order valence-electron chi connectivity index (χ0n) is 13.1. The maximum absolute atomic E-state index is 12.2. The van der Waals surface area contributed by atoms with Crippen LogP contribution in [0.25, 0.3) is 0 Å². The summed E-state index contributed by atoms with van der Waals surface area (Å²) < 4.78 is 5.30. The van der Waals surface area contributed by atoms with Crippen LogP contribution in [0.5, 0.6) is 0 Å². The molecular weight excluding hydrogens is 359 g/mol. The number of hydrogen-bond donors (Lipinski definition) is 2. The Hall–Kier alpha value is -0.520. The quantitative estimate of drug-likeness (QED) is 0.821. The van der Waals surface area contributed by atoms with Crippen molar-refractivity contribution in [2.75, 3.05) is 19.8 Å². The lowest BCUT2D eigenvalue weighted by Gasteiger charge is -2.27. The highest BCUT2D eigenvalue weighted by Gasteiger charge is 2.26. The van der Waals surface area contributed by atoms with Crippen LogP contribution in [0, 0.1) is 5.92 Å². The molecule has 0 aromatic heterocycles. The molecular formula is C16H23Cl3N2O2. The third-order valence-electron chi connectivity index (χ3n) is 4.15. The van der Waals surface area contributed by atoms with E-state index in [9.17, 15) is 4.79 Å². The molecule has 0 radical (unpaired) electrons. The van der Waals surface area contributed by atoms with Crippen molar-refractivity contribution < 1.29 is 9.53 Å². The standard InChI is InChI=1S/C16H22Cl2N2O2.ClH/c1-10(14-12(17)3-2-4-13(14)18)9-20-16(21)15(19)11-5-7-22-8-6-11;/h2-4,10-11,15H,5-9,19H2,1H3,(H,20,21);1H. The van der Waals surface area contributed by atoms with Crippen molar-refractivity contribution >= 4 is 41.5 Å². The average molecular weight is 382 g/mol. The van der Waals surface area contributed by atoms with Gasteiger partial charge in [-0.25, -0.2) is 0 Å². The number of nitrogens with two attached hydrogens (primary N) is 1. The van der Waals surface area contributed by atoms with Gasteiger partial charge >= 0.3 is 0 Å². The van der Waals surface area contributed by atoms with Crippen molar-refractivity contribution in [2.24, 2.45) is 11.7 Å². The van der Waals surface area contributed by atoms with E-state index in [2.05, 4.69) is 5.32 Å². The first-order chi connectivity index (χ1) is 10.5. The minimum Gasteiger partial charge on any atom is -0.381 e. The first-order valence-corrected chi connectivity index (χ1v) is 8.31. The first kappa shape index (κ1) is 20.5. The summed E-state index contributed by atoms with van der Waals surface area (Å²) in [6.07, 6.45) is 1.67. The normalized spacial score (nSPS) is 17.9. The third kappa shape index (κ3) is 5.50. The van der Waals surface area contributed by atoms with Gasteiger partial charge in [0.15, 0.2) is 0 Å². The molecule has 1 saturated heterocycles. The first-order valence-electron chi connectivity index (χ1n) is 7.55. The summed E-state index contributed by atoms with van der Waals surface area (Å²) in [6, 6.07) is 4.92. The van der Waals surface area contributed by atoms with Crippen molar-refractivity contribution in [1.29, 1.82) is 0 Å². The van der Waals surface area contributed by atoms with Gasteiger partial charge in [-0.2, -0.15) is 0 Å². The Morgan fingerprint density at radius 1 is 1.35 bits per heavy atom. The van der Waals surface area contributed by atoms with Crippen LogP contribution in [0.4, 0.5) is 0 Å². The van der Waals surface area contributed by atoms with Gasteiger partial charge < -0.3 is 15.8 Å². The summed E-state index contributed by atoms with van der Waals surface area (Å²) in [7, 11) is 0. The lowest BCUT2D eigenvalue weighted by molar-refractivity contribution is -0.124. The number of halogens is 3. The van der Waals surface area contributed by atoms with Gasteiger partial charge in [0.2, 0.25) is 5.91 Å². The summed E-state index contributed by atoms with van der Waals surface area (Å²) in [4.78, 5) is 12.2. The molecule has 2 rings (SSSR count). The topological polar surface area (TPSA) is 64.4 Å². The lowest BCUT2D eigenvalue weighted by Crippen LogP contribution is -2.47. The number of rotatable bonds is 5. The van der Waals surface area contributed by atoms with Crippen LogP contribution in [-0.2, 0) is 9.53 Å². The Kier molecular flexibility index (Phi) is 8.65. The van der Waals surface area contributed by atoms with E-state index in [1.165, 1.54) is 0 Å². The number of hydrogen-bond acceptors (Lipinski definition) is 3. The van der Waals surface area contributed by atoms with E-state index in [4.69, 9.17) is 33.7 Å². The molecule has 4 nitrogen and oxygen atoms in total. The highest BCUT2D eigenvalue weighted by molar-refractivity contribution is 6.36. The number of amides is 1. The molecule has 1 aliphatic heterocycles. The van der Waals surface area contributed by atoms with Crippen molar-refractivity contribution in [2.45, 2.75) is 31.7 Å². The van der Waals surface area contributed by atoms with E-state index in [0.717, 1.165) is 18.4 Å². The molecule has 1 aromatic rings. The molecule has 3 N–H and O–H groups in total. The fourth-order valence-electron chi connectivity index (χ4n) is 2.74. The number of ether oxygens (including phenoxy) is 1. The maximum Gasteiger partial charge on any atom is 0.237 e. The molecule has 1 aromatic carbocycles. The molecule has 0 spiro atoms. The molecule has 1 amide bonds. The van der Waals surface area contributed by atoms with E-state index in [0.29, 0.717) is 29.8 Å². The van der Waals surface area contributed by atoms with E-state index in [-0.39, 0.29) is 30.2 Å². The summed E-state index contributed by atoms with van der Waals surface area (Å²) in [5.74, 6) is 0.0851. The van der Waals surface area contributed by atoms with Crippen molar-refractivity contribution in [3.05, 3.63) is 33.8 Å². The number of benzene rings is 1. The van der Waals surface area contributed by atoms with E-state index in [1.54, 1.807) is 18.2 Å². The average Bonchev–Trinajstić information content (AvgIpc) is 2.52. The Morgan fingerprint density at radius 3 is 2.48 bits per heavy atom. The predicted molar refractivity (Wildman–Crippen MR) is 96.7 cm³/mol. The molecule has 0 saturated carbocycles. The van der Waals surface area contributed by atoms with Crippen LogP contribution in [0.15, 0.2) is 18.2 Å². The number of carbonyl (C=O) groups is 1. The van der Waals surface area contributed by atoms with Crippen LogP contribution in [-0.4, -0.2) is 31.7 Å². The second-order valence-electron chi connectivity index (χ2n) is 5.76. The molecule has 23 heavy (non-hydrogen) atoms. The predicted octanol–water partition coefficient (Wildman–Crippen LogP) is 3.39. The number of nitrogens with one attached hydrogen (secondary N) is 1. The van der Waals surface area contributed by atoms with Crippen LogP contribution < -0.4 is 11.1 Å². The summed E-state index contributed by atoms with van der Waals surface area (Å²) in [5.41, 5.74) is 6.91.